The monoisotopic (exact) mass is 390 g/mol. The molecule has 3 rings (SSSR count). The van der Waals surface area contributed by atoms with Crippen LogP contribution in [0.25, 0.3) is 0 Å². The lowest BCUT2D eigenvalue weighted by Crippen LogP contribution is -2.44. The summed E-state index contributed by atoms with van der Waals surface area (Å²) in [6.45, 7) is 4.94. The number of amides is 1. The Hall–Kier alpha value is -3.46. The van der Waals surface area contributed by atoms with Crippen molar-refractivity contribution in [2.45, 2.75) is 13.0 Å². The van der Waals surface area contributed by atoms with Crippen LogP contribution in [0.4, 0.5) is 5.69 Å². The van der Waals surface area contributed by atoms with Crippen molar-refractivity contribution in [1.29, 1.82) is 5.26 Å². The first kappa shape index (κ1) is 20.3. The van der Waals surface area contributed by atoms with E-state index in [1.165, 1.54) is 0 Å². The highest BCUT2D eigenvalue weighted by molar-refractivity contribution is 5.97. The first-order valence-electron chi connectivity index (χ1n) is 9.72. The van der Waals surface area contributed by atoms with Crippen molar-refractivity contribution in [3.8, 4) is 11.8 Å². The smallest absolute Gasteiger partial charge is 0.263 e. The normalized spacial score (nSPS) is 15.4. The van der Waals surface area contributed by atoms with Crippen LogP contribution in [0.2, 0.25) is 0 Å². The molecule has 1 aliphatic heterocycles. The Morgan fingerprint density at radius 2 is 1.76 bits per heavy atom. The zero-order valence-corrected chi connectivity index (χ0v) is 16.8. The lowest BCUT2D eigenvalue weighted by molar-refractivity contribution is -0.117. The summed E-state index contributed by atoms with van der Waals surface area (Å²) < 4.78 is 5.45. The fourth-order valence-electron chi connectivity index (χ4n) is 3.40. The van der Waals surface area contributed by atoms with Gasteiger partial charge in [-0.25, -0.2) is 0 Å². The highest BCUT2D eigenvalue weighted by atomic mass is 16.5. The molecule has 29 heavy (non-hydrogen) atoms. The molecule has 2 aromatic rings. The largest absolute Gasteiger partial charge is 0.495 e. The van der Waals surface area contributed by atoms with Crippen LogP contribution in [0.3, 0.4) is 0 Å². The molecule has 0 aliphatic carbocycles. The number of ether oxygens (including phenoxy) is 1. The molecular formula is C23H26N4O2. The molecule has 1 unspecified atom stereocenters. The number of hydrogen-bond acceptors (Lipinski definition) is 5. The first-order chi connectivity index (χ1) is 14.1. The molecule has 0 radical (unpaired) electrons. The molecule has 1 amide bonds. The standard InChI is InChI=1S/C23H26N4O2/c1-18(19-8-4-3-5-9-19)25-23(28)20(16-24)17-26-12-14-27(15-13-26)21-10-6-7-11-22(21)29-2/h3-11,17-18H,12-15H2,1-2H3,(H,25,28)/b20-17-. The Kier molecular flexibility index (Phi) is 6.75. The highest BCUT2D eigenvalue weighted by Crippen LogP contribution is 2.28. The summed E-state index contributed by atoms with van der Waals surface area (Å²) in [6.07, 6.45) is 1.67. The summed E-state index contributed by atoms with van der Waals surface area (Å²) in [5.74, 6) is 0.500. The molecule has 1 fully saturated rings. The van der Waals surface area contributed by atoms with Crippen LogP contribution >= 0.6 is 0 Å². The Balaban J connectivity index is 1.60. The number of carbonyl (C=O) groups is 1. The second-order valence-corrected chi connectivity index (χ2v) is 6.96. The summed E-state index contributed by atoms with van der Waals surface area (Å²) in [4.78, 5) is 16.8. The van der Waals surface area contributed by atoms with Gasteiger partial charge in [0.25, 0.3) is 5.91 Å². The predicted molar refractivity (Wildman–Crippen MR) is 113 cm³/mol. The molecule has 0 spiro atoms. The van der Waals surface area contributed by atoms with E-state index in [1.54, 1.807) is 13.3 Å². The maximum atomic E-state index is 12.5. The number of nitrogens with zero attached hydrogens (tertiary/aromatic N) is 3. The van der Waals surface area contributed by atoms with Crippen LogP contribution in [0.15, 0.2) is 66.4 Å². The zero-order valence-electron chi connectivity index (χ0n) is 16.8. The minimum Gasteiger partial charge on any atom is -0.495 e. The zero-order chi connectivity index (χ0) is 20.6. The Bertz CT molecular complexity index is 897. The highest BCUT2D eigenvalue weighted by Gasteiger charge is 2.20. The van der Waals surface area contributed by atoms with Crippen LogP contribution in [0.5, 0.6) is 5.75 Å². The van der Waals surface area contributed by atoms with E-state index in [-0.39, 0.29) is 17.5 Å². The fourth-order valence-corrected chi connectivity index (χ4v) is 3.40. The molecule has 1 aliphatic rings. The molecule has 1 atom stereocenters. The average Bonchev–Trinajstić information content (AvgIpc) is 2.78. The van der Waals surface area contributed by atoms with E-state index in [1.807, 2.05) is 72.5 Å². The van der Waals surface area contributed by atoms with E-state index in [4.69, 9.17) is 4.74 Å². The second-order valence-electron chi connectivity index (χ2n) is 6.96. The van der Waals surface area contributed by atoms with Gasteiger partial charge in [-0.1, -0.05) is 42.5 Å². The van der Waals surface area contributed by atoms with Gasteiger partial charge in [0, 0.05) is 32.4 Å². The van der Waals surface area contributed by atoms with Crippen LogP contribution < -0.4 is 15.0 Å². The average molecular weight is 390 g/mol. The maximum Gasteiger partial charge on any atom is 0.263 e. The van der Waals surface area contributed by atoms with Crippen LogP contribution in [0.1, 0.15) is 18.5 Å². The van der Waals surface area contributed by atoms with Gasteiger partial charge in [-0.15, -0.1) is 0 Å². The Morgan fingerprint density at radius 1 is 1.10 bits per heavy atom. The molecule has 1 N–H and O–H groups in total. The third-order valence-corrected chi connectivity index (χ3v) is 5.06. The number of carbonyl (C=O) groups excluding carboxylic acids is 1. The minimum atomic E-state index is -0.351. The molecule has 0 aromatic heterocycles. The molecule has 6 nitrogen and oxygen atoms in total. The van der Waals surface area contributed by atoms with Crippen LogP contribution in [-0.4, -0.2) is 44.1 Å². The third kappa shape index (κ3) is 5.08. The van der Waals surface area contributed by atoms with Crippen molar-refractivity contribution in [3.63, 3.8) is 0 Å². The second kappa shape index (κ2) is 9.65. The SMILES string of the molecule is COc1ccccc1N1CCN(/C=C(/C#N)C(=O)NC(C)c2ccccc2)CC1. The van der Waals surface area contributed by atoms with E-state index in [0.717, 1.165) is 43.2 Å². The number of piperazine rings is 1. The predicted octanol–water partition coefficient (Wildman–Crippen LogP) is 3.10. The van der Waals surface area contributed by atoms with Crippen LogP contribution in [-0.2, 0) is 4.79 Å². The number of anilines is 1. The number of hydrogen-bond donors (Lipinski definition) is 1. The van der Waals surface area contributed by atoms with Gasteiger partial charge in [-0.05, 0) is 24.6 Å². The summed E-state index contributed by atoms with van der Waals surface area (Å²) in [7, 11) is 1.67. The summed E-state index contributed by atoms with van der Waals surface area (Å²) in [6, 6.07) is 19.5. The van der Waals surface area contributed by atoms with Crippen LogP contribution in [0, 0.1) is 11.3 Å². The number of methoxy groups -OCH3 is 1. The Morgan fingerprint density at radius 3 is 2.41 bits per heavy atom. The van der Waals surface area contributed by atoms with E-state index >= 15 is 0 Å². The fraction of sp³-hybridized carbons (Fsp3) is 0.304. The third-order valence-electron chi connectivity index (χ3n) is 5.06. The lowest BCUT2D eigenvalue weighted by atomic mass is 10.1. The number of benzene rings is 2. The van der Waals surface area contributed by atoms with Gasteiger partial charge in [-0.2, -0.15) is 5.26 Å². The van der Waals surface area contributed by atoms with Gasteiger partial charge in [0.2, 0.25) is 0 Å². The van der Waals surface area contributed by atoms with Crippen molar-refractivity contribution in [2.24, 2.45) is 0 Å². The molecule has 1 heterocycles. The molecule has 150 valence electrons. The van der Waals surface area contributed by atoms with E-state index < -0.39 is 0 Å². The molecule has 2 aromatic carbocycles. The maximum absolute atomic E-state index is 12.5. The Labute approximate surface area is 172 Å². The van der Waals surface area contributed by atoms with E-state index in [2.05, 4.69) is 10.2 Å². The summed E-state index contributed by atoms with van der Waals surface area (Å²) >= 11 is 0. The molecule has 0 bridgehead atoms. The first-order valence-corrected chi connectivity index (χ1v) is 9.72. The van der Waals surface area contributed by atoms with Gasteiger partial charge < -0.3 is 19.9 Å². The minimum absolute atomic E-state index is 0.124. The number of nitriles is 1. The number of para-hydroxylation sites is 2. The van der Waals surface area contributed by atoms with Gasteiger partial charge in [-0.3, -0.25) is 4.79 Å². The molecule has 6 heteroatoms. The molecule has 0 saturated carbocycles. The van der Waals surface area contributed by atoms with Gasteiger partial charge >= 0.3 is 0 Å². The van der Waals surface area contributed by atoms with Crippen molar-refractivity contribution >= 4 is 11.6 Å². The van der Waals surface area contributed by atoms with Crippen molar-refractivity contribution < 1.29 is 9.53 Å². The lowest BCUT2D eigenvalue weighted by Gasteiger charge is -2.36. The van der Waals surface area contributed by atoms with E-state index in [9.17, 15) is 10.1 Å². The summed E-state index contributed by atoms with van der Waals surface area (Å²) in [5.41, 5.74) is 2.19. The summed E-state index contributed by atoms with van der Waals surface area (Å²) in [5, 5.41) is 12.4. The van der Waals surface area contributed by atoms with Gasteiger partial charge in [0.15, 0.2) is 0 Å². The van der Waals surface area contributed by atoms with Crippen molar-refractivity contribution in [1.82, 2.24) is 10.2 Å². The van der Waals surface area contributed by atoms with E-state index in [0.29, 0.717) is 0 Å². The van der Waals surface area contributed by atoms with Gasteiger partial charge in [0.05, 0.1) is 18.8 Å². The number of nitrogens with one attached hydrogen (secondary N) is 1. The molecule has 1 saturated heterocycles. The van der Waals surface area contributed by atoms with Crippen molar-refractivity contribution in [3.05, 3.63) is 71.9 Å². The van der Waals surface area contributed by atoms with Gasteiger partial charge in [0.1, 0.15) is 17.4 Å². The quantitative estimate of drug-likeness (QED) is 0.606. The number of rotatable bonds is 6. The molecular weight excluding hydrogens is 364 g/mol. The topological polar surface area (TPSA) is 68.6 Å². The van der Waals surface area contributed by atoms with Crippen molar-refractivity contribution in [2.75, 3.05) is 38.2 Å².